The fourth-order valence-electron chi connectivity index (χ4n) is 2.08. The average molecular weight is 264 g/mol. The summed E-state index contributed by atoms with van der Waals surface area (Å²) in [6, 6.07) is 5.94. The van der Waals surface area contributed by atoms with Crippen molar-refractivity contribution < 1.29 is 9.72 Å². The van der Waals surface area contributed by atoms with Gasteiger partial charge in [0, 0.05) is 25.1 Å². The predicted molar refractivity (Wildman–Crippen MR) is 69.9 cm³/mol. The van der Waals surface area contributed by atoms with Crippen molar-refractivity contribution in [2.45, 2.75) is 25.7 Å². The molecule has 7 heteroatoms. The minimum atomic E-state index is -0.485. The van der Waals surface area contributed by atoms with Crippen molar-refractivity contribution >= 4 is 17.3 Å². The molecule has 0 aliphatic carbocycles. The molecular weight excluding hydrogens is 248 g/mol. The first-order valence-corrected chi connectivity index (χ1v) is 6.19. The molecule has 102 valence electrons. The fraction of sp³-hybridized carbons (Fsp3) is 0.417. The van der Waals surface area contributed by atoms with Crippen molar-refractivity contribution in [2.75, 3.05) is 11.7 Å². The lowest BCUT2D eigenvalue weighted by molar-refractivity contribution is -0.384. The fourth-order valence-corrected chi connectivity index (χ4v) is 2.08. The van der Waals surface area contributed by atoms with Crippen LogP contribution in [0.3, 0.4) is 0 Å². The van der Waals surface area contributed by atoms with Crippen molar-refractivity contribution in [1.82, 2.24) is 5.01 Å². The van der Waals surface area contributed by atoms with E-state index in [0.717, 1.165) is 19.3 Å². The third-order valence-corrected chi connectivity index (χ3v) is 3.11. The summed E-state index contributed by atoms with van der Waals surface area (Å²) < 4.78 is 0. The Balaban J connectivity index is 2.22. The van der Waals surface area contributed by atoms with Crippen molar-refractivity contribution in [1.29, 1.82) is 0 Å². The summed E-state index contributed by atoms with van der Waals surface area (Å²) in [7, 11) is 0. The van der Waals surface area contributed by atoms with Crippen LogP contribution < -0.4 is 11.0 Å². The lowest BCUT2D eigenvalue weighted by atomic mass is 10.2. The first-order chi connectivity index (χ1) is 9.09. The van der Waals surface area contributed by atoms with Gasteiger partial charge in [0.2, 0.25) is 5.91 Å². The highest BCUT2D eigenvalue weighted by Gasteiger charge is 2.22. The van der Waals surface area contributed by atoms with E-state index in [1.165, 1.54) is 22.3 Å². The molecule has 0 atom stereocenters. The van der Waals surface area contributed by atoms with E-state index < -0.39 is 4.92 Å². The average Bonchev–Trinajstić information content (AvgIpc) is 2.63. The van der Waals surface area contributed by atoms with Crippen LogP contribution in [0.5, 0.6) is 0 Å². The Morgan fingerprint density at radius 1 is 1.32 bits per heavy atom. The topological polar surface area (TPSA) is 92.7 Å². The summed E-state index contributed by atoms with van der Waals surface area (Å²) in [6.07, 6.45) is 3.19. The van der Waals surface area contributed by atoms with Crippen LogP contribution in [0.4, 0.5) is 11.4 Å². The maximum atomic E-state index is 11.9. The molecule has 1 amide bonds. The van der Waals surface area contributed by atoms with Crippen LogP contribution in [-0.2, 0) is 4.79 Å². The van der Waals surface area contributed by atoms with Gasteiger partial charge in [0.1, 0.15) is 0 Å². The van der Waals surface area contributed by atoms with E-state index in [1.807, 2.05) is 0 Å². The first-order valence-electron chi connectivity index (χ1n) is 6.19. The Bertz CT molecular complexity index is 492. The molecule has 2 rings (SSSR count). The molecule has 0 bridgehead atoms. The predicted octanol–water partition coefficient (Wildman–Crippen LogP) is 1.59. The van der Waals surface area contributed by atoms with E-state index in [9.17, 15) is 14.9 Å². The number of hydrogen-bond acceptors (Lipinski definition) is 5. The lowest BCUT2D eigenvalue weighted by Gasteiger charge is -2.31. The van der Waals surface area contributed by atoms with E-state index in [0.29, 0.717) is 18.7 Å². The van der Waals surface area contributed by atoms with Gasteiger partial charge in [0.15, 0.2) is 0 Å². The van der Waals surface area contributed by atoms with Crippen LogP contribution >= 0.6 is 0 Å². The van der Waals surface area contributed by atoms with E-state index in [-0.39, 0.29) is 11.6 Å². The molecule has 2 N–H and O–H groups in total. The number of nitro groups is 1. The number of nitrogens with zero attached hydrogens (tertiary/aromatic N) is 3. The molecule has 0 unspecified atom stereocenters. The van der Waals surface area contributed by atoms with Gasteiger partial charge in [0.25, 0.3) is 5.69 Å². The van der Waals surface area contributed by atoms with E-state index in [1.54, 1.807) is 12.1 Å². The highest BCUT2D eigenvalue weighted by molar-refractivity contribution is 5.78. The number of carbonyl (C=O) groups excluding carboxylic acids is 1. The Hall–Kier alpha value is -2.15. The van der Waals surface area contributed by atoms with Crippen molar-refractivity contribution in [2.24, 2.45) is 5.84 Å². The van der Waals surface area contributed by atoms with Crippen LogP contribution in [0, 0.1) is 10.1 Å². The zero-order chi connectivity index (χ0) is 13.8. The summed E-state index contributed by atoms with van der Waals surface area (Å²) in [6.45, 7) is 0.540. The SMILES string of the molecule is NN(c1cccc([N+](=O)[O-])c1)N1CCCCCC1=O. The number of nitro benzene ring substituents is 1. The third kappa shape index (κ3) is 3.00. The molecule has 1 heterocycles. The number of non-ortho nitro benzene ring substituents is 1. The van der Waals surface area contributed by atoms with E-state index in [2.05, 4.69) is 0 Å². The number of benzene rings is 1. The second-order valence-electron chi connectivity index (χ2n) is 4.45. The number of nitrogens with two attached hydrogens (primary N) is 1. The van der Waals surface area contributed by atoms with Gasteiger partial charge in [-0.3, -0.25) is 14.9 Å². The van der Waals surface area contributed by atoms with Crippen LogP contribution in [0.15, 0.2) is 24.3 Å². The van der Waals surface area contributed by atoms with Crippen LogP contribution in [0.2, 0.25) is 0 Å². The molecule has 0 saturated carbocycles. The van der Waals surface area contributed by atoms with Crippen molar-refractivity contribution in [3.63, 3.8) is 0 Å². The second kappa shape index (κ2) is 5.66. The Labute approximate surface area is 110 Å². The molecule has 1 fully saturated rings. The van der Waals surface area contributed by atoms with E-state index in [4.69, 9.17) is 5.84 Å². The molecular formula is C12H16N4O3. The summed E-state index contributed by atoms with van der Waals surface area (Å²) in [5.74, 6) is 5.86. The van der Waals surface area contributed by atoms with Crippen molar-refractivity contribution in [3.8, 4) is 0 Å². The van der Waals surface area contributed by atoms with Gasteiger partial charge in [0.05, 0.1) is 10.6 Å². The number of carbonyl (C=O) groups is 1. The molecule has 1 saturated heterocycles. The summed E-state index contributed by atoms with van der Waals surface area (Å²) in [4.78, 5) is 22.2. The lowest BCUT2D eigenvalue weighted by Crippen LogP contribution is -2.51. The molecule has 7 nitrogen and oxygen atoms in total. The summed E-state index contributed by atoms with van der Waals surface area (Å²) in [5.41, 5.74) is 0.389. The molecule has 1 aromatic carbocycles. The molecule has 0 aromatic heterocycles. The quantitative estimate of drug-likeness (QED) is 0.508. The first kappa shape index (κ1) is 13.3. The minimum absolute atomic E-state index is 0.0461. The second-order valence-corrected chi connectivity index (χ2v) is 4.45. The zero-order valence-electron chi connectivity index (χ0n) is 10.5. The van der Waals surface area contributed by atoms with Crippen LogP contribution in [0.25, 0.3) is 0 Å². The molecule has 1 aliphatic heterocycles. The third-order valence-electron chi connectivity index (χ3n) is 3.11. The highest BCUT2D eigenvalue weighted by Crippen LogP contribution is 2.22. The Morgan fingerprint density at radius 2 is 2.11 bits per heavy atom. The summed E-state index contributed by atoms with van der Waals surface area (Å²) >= 11 is 0. The molecule has 0 radical (unpaired) electrons. The van der Waals surface area contributed by atoms with Gasteiger partial charge in [-0.1, -0.05) is 12.5 Å². The minimum Gasteiger partial charge on any atom is -0.273 e. The van der Waals surface area contributed by atoms with Gasteiger partial charge < -0.3 is 0 Å². The van der Waals surface area contributed by atoms with Crippen LogP contribution in [0.1, 0.15) is 25.7 Å². The monoisotopic (exact) mass is 264 g/mol. The smallest absolute Gasteiger partial charge is 0.271 e. The van der Waals surface area contributed by atoms with E-state index >= 15 is 0 Å². The van der Waals surface area contributed by atoms with Gasteiger partial charge in [-0.05, 0) is 18.9 Å². The number of amides is 1. The number of rotatable bonds is 3. The maximum Gasteiger partial charge on any atom is 0.271 e. The Morgan fingerprint density at radius 3 is 2.84 bits per heavy atom. The van der Waals surface area contributed by atoms with Crippen LogP contribution in [-0.4, -0.2) is 22.4 Å². The van der Waals surface area contributed by atoms with Gasteiger partial charge in [-0.2, -0.15) is 0 Å². The molecule has 1 aliphatic rings. The van der Waals surface area contributed by atoms with Gasteiger partial charge >= 0.3 is 0 Å². The number of hydrazine groups is 2. The molecule has 19 heavy (non-hydrogen) atoms. The van der Waals surface area contributed by atoms with Gasteiger partial charge in [-0.25, -0.2) is 16.0 Å². The normalized spacial score (nSPS) is 16.1. The largest absolute Gasteiger partial charge is 0.273 e. The summed E-state index contributed by atoms with van der Waals surface area (Å²) in [5, 5.41) is 13.4. The maximum absolute atomic E-state index is 11.9. The van der Waals surface area contributed by atoms with Crippen molar-refractivity contribution in [3.05, 3.63) is 34.4 Å². The molecule has 0 spiro atoms. The number of hydrogen-bond donors (Lipinski definition) is 1. The van der Waals surface area contributed by atoms with Gasteiger partial charge in [-0.15, -0.1) is 0 Å². The number of anilines is 1. The standard InChI is InChI=1S/C12H16N4O3/c13-15(14-8-3-1-2-7-12(14)17)10-5-4-6-11(9-10)16(18)19/h4-6,9H,1-3,7-8,13H2. The zero-order valence-corrected chi connectivity index (χ0v) is 10.5. The molecule has 1 aromatic rings. The highest BCUT2D eigenvalue weighted by atomic mass is 16.6. The Kier molecular flexibility index (Phi) is 3.96.